The topological polar surface area (TPSA) is 60.0 Å². The Bertz CT molecular complexity index is 1180. The van der Waals surface area contributed by atoms with Crippen molar-refractivity contribution in [3.05, 3.63) is 47.2 Å². The third-order valence-corrected chi connectivity index (χ3v) is 7.76. The zero-order chi connectivity index (χ0) is 23.4. The van der Waals surface area contributed by atoms with E-state index in [9.17, 15) is 17.6 Å². The predicted molar refractivity (Wildman–Crippen MR) is 121 cm³/mol. The Morgan fingerprint density at radius 3 is 2.74 bits per heavy atom. The molecule has 1 aliphatic heterocycles. The Morgan fingerprint density at radius 2 is 2.03 bits per heavy atom. The maximum absolute atomic E-state index is 13.9. The van der Waals surface area contributed by atoms with Crippen molar-refractivity contribution in [2.75, 3.05) is 25.4 Å². The molecule has 0 amide bonds. The monoisotopic (exact) mass is 517 g/mol. The minimum atomic E-state index is -4.54. The number of aromatic nitrogens is 4. The van der Waals surface area contributed by atoms with Crippen molar-refractivity contribution in [3.8, 4) is 11.6 Å². The highest BCUT2D eigenvalue weighted by Gasteiger charge is 2.60. The van der Waals surface area contributed by atoms with E-state index < -0.39 is 17.6 Å². The maximum atomic E-state index is 13.9. The van der Waals surface area contributed by atoms with Gasteiger partial charge in [0.1, 0.15) is 5.82 Å². The number of hydrogen-bond acceptors (Lipinski definition) is 6. The third kappa shape index (κ3) is 4.57. The molecule has 5 rings (SSSR count). The number of oxazole rings is 1. The molecule has 2 fully saturated rings. The van der Waals surface area contributed by atoms with Gasteiger partial charge in [0.2, 0.25) is 5.82 Å². The van der Waals surface area contributed by atoms with Gasteiger partial charge < -0.3 is 13.9 Å². The highest BCUT2D eigenvalue weighted by atomic mass is 35.5. The summed E-state index contributed by atoms with van der Waals surface area (Å²) in [6, 6.07) is 2.98. The summed E-state index contributed by atoms with van der Waals surface area (Å²) < 4.78 is 60.6. The van der Waals surface area contributed by atoms with Gasteiger partial charge in [-0.25, -0.2) is 9.37 Å². The standard InChI is InChI=1S/C22H23F4N5OS.ClH/c1-13-18(32-12-27-13)19-28-29-20(30(19)2)33-5-3-4-31-10-16-9-21(16,11-31)14-6-15(22(24,25)26)8-17(23)7-14;/h6-8,12,16H,3-5,9-11H2,1-2H3;1H. The maximum Gasteiger partial charge on any atom is 0.416 e. The first-order chi connectivity index (χ1) is 15.7. The molecule has 34 heavy (non-hydrogen) atoms. The molecule has 6 nitrogen and oxygen atoms in total. The number of piperidine rings is 1. The number of halogens is 5. The van der Waals surface area contributed by atoms with Crippen molar-refractivity contribution in [1.29, 1.82) is 0 Å². The van der Waals surface area contributed by atoms with Crippen molar-refractivity contribution >= 4 is 24.2 Å². The molecular weight excluding hydrogens is 494 g/mol. The molecule has 0 radical (unpaired) electrons. The molecule has 1 saturated carbocycles. The van der Waals surface area contributed by atoms with Crippen LogP contribution in [0.2, 0.25) is 0 Å². The van der Waals surface area contributed by atoms with E-state index in [2.05, 4.69) is 20.1 Å². The van der Waals surface area contributed by atoms with E-state index in [1.807, 2.05) is 18.5 Å². The molecular formula is C22H24ClF4N5OS. The lowest BCUT2D eigenvalue weighted by Crippen LogP contribution is -2.28. The summed E-state index contributed by atoms with van der Waals surface area (Å²) in [5, 5.41) is 9.22. The second-order valence-electron chi connectivity index (χ2n) is 8.85. The number of thioether (sulfide) groups is 1. The lowest BCUT2D eigenvalue weighted by Gasteiger charge is -2.21. The van der Waals surface area contributed by atoms with E-state index in [-0.39, 0.29) is 17.8 Å². The van der Waals surface area contributed by atoms with Gasteiger partial charge in [-0.05, 0) is 56.0 Å². The number of rotatable bonds is 7. The zero-order valence-electron chi connectivity index (χ0n) is 18.6. The van der Waals surface area contributed by atoms with Crippen LogP contribution in [0, 0.1) is 18.7 Å². The Kier molecular flexibility index (Phi) is 6.73. The van der Waals surface area contributed by atoms with Crippen LogP contribution < -0.4 is 0 Å². The molecule has 2 aromatic heterocycles. The van der Waals surface area contributed by atoms with E-state index in [4.69, 9.17) is 4.42 Å². The predicted octanol–water partition coefficient (Wildman–Crippen LogP) is 5.11. The normalized spacial score (nSPS) is 22.0. The number of alkyl halides is 3. The van der Waals surface area contributed by atoms with Crippen molar-refractivity contribution in [1.82, 2.24) is 24.6 Å². The minimum absolute atomic E-state index is 0. The van der Waals surface area contributed by atoms with Crippen LogP contribution in [0.15, 0.2) is 34.2 Å². The highest BCUT2D eigenvalue weighted by Crippen LogP contribution is 2.59. The van der Waals surface area contributed by atoms with Gasteiger partial charge >= 0.3 is 6.18 Å². The quantitative estimate of drug-likeness (QED) is 0.246. The van der Waals surface area contributed by atoms with Gasteiger partial charge in [0, 0.05) is 31.3 Å². The first-order valence-electron chi connectivity index (χ1n) is 10.7. The van der Waals surface area contributed by atoms with Gasteiger partial charge in [0.05, 0.1) is 11.3 Å². The molecule has 12 heteroatoms. The van der Waals surface area contributed by atoms with Crippen molar-refractivity contribution in [3.63, 3.8) is 0 Å². The summed E-state index contributed by atoms with van der Waals surface area (Å²) in [6.45, 7) is 4.18. The van der Waals surface area contributed by atoms with Gasteiger partial charge in [0.15, 0.2) is 17.3 Å². The van der Waals surface area contributed by atoms with Crippen LogP contribution in [-0.2, 0) is 18.6 Å². The molecule has 2 atom stereocenters. The summed E-state index contributed by atoms with van der Waals surface area (Å²) in [6.07, 6.45) is -1.44. The summed E-state index contributed by atoms with van der Waals surface area (Å²) in [5.74, 6) is 1.53. The second-order valence-corrected chi connectivity index (χ2v) is 9.91. The van der Waals surface area contributed by atoms with Crippen LogP contribution in [0.1, 0.15) is 29.7 Å². The highest BCUT2D eigenvalue weighted by molar-refractivity contribution is 7.99. The van der Waals surface area contributed by atoms with Gasteiger partial charge in [-0.1, -0.05) is 11.8 Å². The Labute approximate surface area is 204 Å². The molecule has 0 N–H and O–H groups in total. The average molecular weight is 518 g/mol. The number of aryl methyl sites for hydroxylation is 1. The molecule has 3 heterocycles. The van der Waals surface area contributed by atoms with E-state index in [0.717, 1.165) is 48.6 Å². The molecule has 3 aromatic rings. The molecule has 0 bridgehead atoms. The lowest BCUT2D eigenvalue weighted by atomic mass is 9.93. The van der Waals surface area contributed by atoms with Crippen molar-refractivity contribution in [2.24, 2.45) is 13.0 Å². The van der Waals surface area contributed by atoms with Gasteiger partial charge in [-0.2, -0.15) is 13.2 Å². The molecule has 2 aliphatic rings. The number of benzene rings is 1. The molecule has 1 saturated heterocycles. The number of fused-ring (bicyclic) bond motifs is 1. The summed E-state index contributed by atoms with van der Waals surface area (Å²) in [4.78, 5) is 6.36. The Morgan fingerprint density at radius 1 is 1.24 bits per heavy atom. The SMILES string of the molecule is Cc1ncoc1-c1nnc(SCCCN2CC3CC3(c3cc(F)cc(C(F)(F)F)c3)C2)n1C.Cl. The minimum Gasteiger partial charge on any atom is -0.440 e. The Hall–Kier alpha value is -2.11. The number of likely N-dealkylation sites (tertiary alicyclic amines) is 1. The molecule has 184 valence electrons. The van der Waals surface area contributed by atoms with Crippen LogP contribution in [0.4, 0.5) is 17.6 Å². The number of nitrogens with zero attached hydrogens (tertiary/aromatic N) is 5. The van der Waals surface area contributed by atoms with Crippen LogP contribution in [0.25, 0.3) is 11.6 Å². The van der Waals surface area contributed by atoms with Gasteiger partial charge in [-0.3, -0.25) is 0 Å². The molecule has 1 aliphatic carbocycles. The number of hydrogen-bond donors (Lipinski definition) is 0. The fourth-order valence-corrected chi connectivity index (χ4v) is 5.69. The fraction of sp³-hybridized carbons (Fsp3) is 0.500. The average Bonchev–Trinajstić information content (AvgIpc) is 3.05. The van der Waals surface area contributed by atoms with E-state index in [0.29, 0.717) is 35.7 Å². The lowest BCUT2D eigenvalue weighted by molar-refractivity contribution is -0.137. The Balaban J connectivity index is 0.00000274. The first kappa shape index (κ1) is 25.0. The largest absolute Gasteiger partial charge is 0.440 e. The second kappa shape index (κ2) is 9.16. The first-order valence-corrected chi connectivity index (χ1v) is 11.7. The fourth-order valence-electron chi connectivity index (χ4n) is 4.85. The van der Waals surface area contributed by atoms with Gasteiger partial charge in [-0.15, -0.1) is 22.6 Å². The van der Waals surface area contributed by atoms with Crippen molar-refractivity contribution in [2.45, 2.75) is 36.5 Å². The van der Waals surface area contributed by atoms with Gasteiger partial charge in [0.25, 0.3) is 0 Å². The smallest absolute Gasteiger partial charge is 0.416 e. The molecule has 0 spiro atoms. The van der Waals surface area contributed by atoms with Crippen molar-refractivity contribution < 1.29 is 22.0 Å². The molecule has 1 aromatic carbocycles. The summed E-state index contributed by atoms with van der Waals surface area (Å²) in [5.41, 5.74) is -0.0194. The molecule has 2 unspecified atom stereocenters. The van der Waals surface area contributed by atoms with Crippen LogP contribution in [0.5, 0.6) is 0 Å². The van der Waals surface area contributed by atoms with Crippen LogP contribution in [-0.4, -0.2) is 50.0 Å². The van der Waals surface area contributed by atoms with Crippen LogP contribution in [0.3, 0.4) is 0 Å². The summed E-state index contributed by atoms with van der Waals surface area (Å²) >= 11 is 1.59. The zero-order valence-corrected chi connectivity index (χ0v) is 20.2. The van der Waals surface area contributed by atoms with E-state index >= 15 is 0 Å². The van der Waals surface area contributed by atoms with E-state index in [1.165, 1.54) is 12.5 Å². The summed E-state index contributed by atoms with van der Waals surface area (Å²) in [7, 11) is 1.88. The van der Waals surface area contributed by atoms with Crippen LogP contribution >= 0.6 is 24.2 Å². The third-order valence-electron chi connectivity index (χ3n) is 6.65. The van der Waals surface area contributed by atoms with E-state index in [1.54, 1.807) is 11.8 Å².